The lowest BCUT2D eigenvalue weighted by molar-refractivity contribution is 0.289. The molecule has 0 fully saturated rings. The van der Waals surface area contributed by atoms with Gasteiger partial charge in [0.05, 0.1) is 13.2 Å². The van der Waals surface area contributed by atoms with Crippen molar-refractivity contribution in [2.75, 3.05) is 25.2 Å². The summed E-state index contributed by atoms with van der Waals surface area (Å²) in [6.07, 6.45) is 2.06. The first kappa shape index (κ1) is 13.5. The van der Waals surface area contributed by atoms with E-state index in [2.05, 4.69) is 6.26 Å². The number of benzene rings is 1. The van der Waals surface area contributed by atoms with E-state index in [-0.39, 0.29) is 0 Å². The maximum atomic E-state index is 5.78. The molecule has 0 radical (unpaired) electrons. The molecular formula is C12H17ClO2S. The molecule has 1 rings (SSSR count). The van der Waals surface area contributed by atoms with Crippen LogP contribution < -0.4 is 9.47 Å². The predicted octanol–water partition coefficient (Wildman–Crippen LogP) is 3.57. The summed E-state index contributed by atoms with van der Waals surface area (Å²) in [5, 5.41) is 0. The van der Waals surface area contributed by atoms with Crippen LogP contribution in [-0.2, 0) is 5.88 Å². The van der Waals surface area contributed by atoms with Gasteiger partial charge in [-0.25, -0.2) is 0 Å². The van der Waals surface area contributed by atoms with Crippen molar-refractivity contribution in [1.82, 2.24) is 0 Å². The monoisotopic (exact) mass is 260 g/mol. The van der Waals surface area contributed by atoms with Crippen LogP contribution in [0.3, 0.4) is 0 Å². The quantitative estimate of drug-likeness (QED) is 0.552. The third kappa shape index (κ3) is 4.14. The lowest BCUT2D eigenvalue weighted by Crippen LogP contribution is -2.03. The van der Waals surface area contributed by atoms with Gasteiger partial charge in [0.25, 0.3) is 0 Å². The average Bonchev–Trinajstić information content (AvgIpc) is 2.31. The molecule has 90 valence electrons. The first-order valence-electron chi connectivity index (χ1n) is 5.25. The highest BCUT2D eigenvalue weighted by Crippen LogP contribution is 2.29. The Bertz CT molecular complexity index is 318. The maximum Gasteiger partial charge on any atom is 0.161 e. The summed E-state index contributed by atoms with van der Waals surface area (Å²) in [4.78, 5) is 0. The number of ether oxygens (including phenoxy) is 2. The zero-order valence-electron chi connectivity index (χ0n) is 9.66. The van der Waals surface area contributed by atoms with Gasteiger partial charge in [0, 0.05) is 11.6 Å². The number of hydrogen-bond donors (Lipinski definition) is 0. The van der Waals surface area contributed by atoms with Crippen molar-refractivity contribution < 1.29 is 9.47 Å². The molecule has 2 nitrogen and oxygen atoms in total. The number of hydrogen-bond acceptors (Lipinski definition) is 3. The topological polar surface area (TPSA) is 18.5 Å². The molecule has 0 aliphatic rings. The molecule has 0 spiro atoms. The third-order valence-electron chi connectivity index (χ3n) is 2.01. The Balaban J connectivity index is 2.72. The molecule has 0 amide bonds. The summed E-state index contributed by atoms with van der Waals surface area (Å²) < 4.78 is 11.2. The predicted molar refractivity (Wildman–Crippen MR) is 71.0 cm³/mol. The number of rotatable bonds is 7. The van der Waals surface area contributed by atoms with Gasteiger partial charge in [-0.1, -0.05) is 6.07 Å². The lowest BCUT2D eigenvalue weighted by atomic mass is 10.2. The van der Waals surface area contributed by atoms with Crippen LogP contribution >= 0.6 is 23.4 Å². The van der Waals surface area contributed by atoms with E-state index in [0.717, 1.165) is 22.8 Å². The Kier molecular flexibility index (Phi) is 6.50. The van der Waals surface area contributed by atoms with Gasteiger partial charge in [-0.2, -0.15) is 11.8 Å². The second-order valence-corrected chi connectivity index (χ2v) is 4.44. The highest BCUT2D eigenvalue weighted by atomic mass is 35.5. The minimum Gasteiger partial charge on any atom is -0.490 e. The second-order valence-electron chi connectivity index (χ2n) is 3.19. The number of thioether (sulfide) groups is 1. The van der Waals surface area contributed by atoms with E-state index in [0.29, 0.717) is 19.1 Å². The van der Waals surface area contributed by atoms with Gasteiger partial charge >= 0.3 is 0 Å². The van der Waals surface area contributed by atoms with Gasteiger partial charge in [0.15, 0.2) is 11.5 Å². The lowest BCUT2D eigenvalue weighted by Gasteiger charge is -2.12. The maximum absolute atomic E-state index is 5.78. The van der Waals surface area contributed by atoms with Crippen LogP contribution in [-0.4, -0.2) is 25.2 Å². The van der Waals surface area contributed by atoms with E-state index in [1.54, 1.807) is 11.8 Å². The van der Waals surface area contributed by atoms with E-state index >= 15 is 0 Å². The van der Waals surface area contributed by atoms with Crippen LogP contribution in [0.1, 0.15) is 12.5 Å². The van der Waals surface area contributed by atoms with Gasteiger partial charge in [-0.05, 0) is 30.9 Å². The molecule has 0 N–H and O–H groups in total. The summed E-state index contributed by atoms with van der Waals surface area (Å²) in [5.41, 5.74) is 1.04. The van der Waals surface area contributed by atoms with Gasteiger partial charge < -0.3 is 9.47 Å². The molecule has 0 unspecified atom stereocenters. The van der Waals surface area contributed by atoms with Crippen LogP contribution in [0.15, 0.2) is 18.2 Å². The summed E-state index contributed by atoms with van der Waals surface area (Å²) in [5.74, 6) is 3.04. The summed E-state index contributed by atoms with van der Waals surface area (Å²) in [6, 6.07) is 5.82. The molecule has 4 heteroatoms. The molecule has 0 saturated heterocycles. The number of alkyl halides is 1. The van der Waals surface area contributed by atoms with Crippen molar-refractivity contribution in [3.63, 3.8) is 0 Å². The first-order valence-corrected chi connectivity index (χ1v) is 7.18. The van der Waals surface area contributed by atoms with E-state index < -0.39 is 0 Å². The van der Waals surface area contributed by atoms with E-state index in [1.807, 2.05) is 25.1 Å². The van der Waals surface area contributed by atoms with Crippen molar-refractivity contribution >= 4 is 23.4 Å². The minimum atomic E-state index is 0.491. The molecule has 1 aromatic rings. The highest BCUT2D eigenvalue weighted by Gasteiger charge is 2.05. The van der Waals surface area contributed by atoms with E-state index in [9.17, 15) is 0 Å². The van der Waals surface area contributed by atoms with Crippen molar-refractivity contribution in [3.8, 4) is 11.5 Å². The van der Waals surface area contributed by atoms with Gasteiger partial charge in [0.1, 0.15) is 0 Å². The summed E-state index contributed by atoms with van der Waals surface area (Å²) >= 11 is 7.54. The largest absolute Gasteiger partial charge is 0.490 e. The Morgan fingerprint density at radius 1 is 1.25 bits per heavy atom. The smallest absolute Gasteiger partial charge is 0.161 e. The average molecular weight is 261 g/mol. The standard InChI is InChI=1S/C12H17ClO2S/c1-3-14-12-8-10(9-13)4-5-11(12)15-6-7-16-2/h4-5,8H,3,6-7,9H2,1-2H3. The Morgan fingerprint density at radius 3 is 2.69 bits per heavy atom. The first-order chi connectivity index (χ1) is 7.81. The number of halogens is 1. The van der Waals surface area contributed by atoms with Gasteiger partial charge in [-0.3, -0.25) is 0 Å². The van der Waals surface area contributed by atoms with Crippen molar-refractivity contribution in [2.24, 2.45) is 0 Å². The molecule has 0 atom stereocenters. The summed E-state index contributed by atoms with van der Waals surface area (Å²) in [6.45, 7) is 3.28. The molecule has 0 aliphatic carbocycles. The van der Waals surface area contributed by atoms with Crippen molar-refractivity contribution in [3.05, 3.63) is 23.8 Å². The fraction of sp³-hybridized carbons (Fsp3) is 0.500. The normalized spacial score (nSPS) is 10.2. The van der Waals surface area contributed by atoms with E-state index in [1.165, 1.54) is 0 Å². The second kappa shape index (κ2) is 7.69. The van der Waals surface area contributed by atoms with Crippen molar-refractivity contribution in [2.45, 2.75) is 12.8 Å². The zero-order chi connectivity index (χ0) is 11.8. The van der Waals surface area contributed by atoms with Crippen molar-refractivity contribution in [1.29, 1.82) is 0 Å². The molecule has 0 saturated carbocycles. The van der Waals surface area contributed by atoms with E-state index in [4.69, 9.17) is 21.1 Å². The SMILES string of the molecule is CCOc1cc(CCl)ccc1OCCSC. The molecule has 16 heavy (non-hydrogen) atoms. The Labute approximate surface area is 106 Å². The molecule has 0 aromatic heterocycles. The fourth-order valence-electron chi connectivity index (χ4n) is 1.26. The van der Waals surface area contributed by atoms with Crippen LogP contribution in [0.25, 0.3) is 0 Å². The minimum absolute atomic E-state index is 0.491. The van der Waals surface area contributed by atoms with Crippen LogP contribution in [0.4, 0.5) is 0 Å². The zero-order valence-corrected chi connectivity index (χ0v) is 11.2. The molecule has 1 aromatic carbocycles. The molecular weight excluding hydrogens is 244 g/mol. The van der Waals surface area contributed by atoms with Crippen LogP contribution in [0.5, 0.6) is 11.5 Å². The highest BCUT2D eigenvalue weighted by molar-refractivity contribution is 7.98. The summed E-state index contributed by atoms with van der Waals surface area (Å²) in [7, 11) is 0. The third-order valence-corrected chi connectivity index (χ3v) is 2.89. The fourth-order valence-corrected chi connectivity index (χ4v) is 1.67. The van der Waals surface area contributed by atoms with Gasteiger partial charge in [0.2, 0.25) is 0 Å². The Hall–Kier alpha value is -0.540. The molecule has 0 bridgehead atoms. The Morgan fingerprint density at radius 2 is 2.06 bits per heavy atom. The van der Waals surface area contributed by atoms with Crippen LogP contribution in [0.2, 0.25) is 0 Å². The van der Waals surface area contributed by atoms with Crippen LogP contribution in [0, 0.1) is 0 Å². The van der Waals surface area contributed by atoms with Gasteiger partial charge in [-0.15, -0.1) is 11.6 Å². The molecule has 0 heterocycles. The molecule has 0 aliphatic heterocycles.